The van der Waals surface area contributed by atoms with Crippen LogP contribution in [0.2, 0.25) is 0 Å². The first-order chi connectivity index (χ1) is 13.5. The molecule has 1 atom stereocenters. The smallest absolute Gasteiger partial charge is 0.321 e. The molecule has 0 aliphatic carbocycles. The third-order valence-electron chi connectivity index (χ3n) is 6.40. The number of hydrogen-bond donors (Lipinski definition) is 1. The molecule has 1 aromatic rings. The summed E-state index contributed by atoms with van der Waals surface area (Å²) >= 11 is 0. The van der Waals surface area contributed by atoms with Gasteiger partial charge in [0.05, 0.1) is 6.10 Å². The Hall–Kier alpha value is -2.15. The zero-order chi connectivity index (χ0) is 19.6. The van der Waals surface area contributed by atoms with E-state index in [0.717, 1.165) is 45.3 Å². The molecule has 3 aliphatic heterocycles. The molecule has 1 aromatic carbocycles. The first kappa shape index (κ1) is 19.2. The average molecular weight is 389 g/mol. The zero-order valence-corrected chi connectivity index (χ0v) is 16.2. The molecule has 6 nitrogen and oxygen atoms in total. The molecule has 3 heterocycles. The van der Waals surface area contributed by atoms with Crippen molar-refractivity contribution in [3.8, 4) is 0 Å². The first-order valence-electron chi connectivity index (χ1n) is 10.2. The summed E-state index contributed by atoms with van der Waals surface area (Å²) in [6, 6.07) is 5.65. The van der Waals surface area contributed by atoms with Crippen LogP contribution < -0.4 is 5.32 Å². The fourth-order valence-corrected chi connectivity index (χ4v) is 4.63. The van der Waals surface area contributed by atoms with Crippen LogP contribution in [0.4, 0.5) is 14.9 Å². The second kappa shape index (κ2) is 8.07. The standard InChI is InChI=1S/C21H28FN3O3/c22-16-3-5-17(6-4-16)23-20(27)24-11-9-21(10-12-24)8-7-19(26)25(15-21)14-18-2-1-13-28-18/h3-6,18H,1-2,7-15H2,(H,23,27). The third kappa shape index (κ3) is 4.29. The largest absolute Gasteiger partial charge is 0.376 e. The summed E-state index contributed by atoms with van der Waals surface area (Å²) in [7, 11) is 0. The molecule has 4 rings (SSSR count). The Labute approximate surface area is 165 Å². The predicted molar refractivity (Wildman–Crippen MR) is 103 cm³/mol. The van der Waals surface area contributed by atoms with E-state index in [1.807, 2.05) is 9.80 Å². The van der Waals surface area contributed by atoms with Crippen LogP contribution in [0.25, 0.3) is 0 Å². The number of nitrogens with zero attached hydrogens (tertiary/aromatic N) is 2. The fraction of sp³-hybridized carbons (Fsp3) is 0.619. The second-order valence-corrected chi connectivity index (χ2v) is 8.33. The van der Waals surface area contributed by atoms with Gasteiger partial charge in [-0.3, -0.25) is 4.79 Å². The molecule has 0 aromatic heterocycles. The van der Waals surface area contributed by atoms with Gasteiger partial charge in [-0.15, -0.1) is 0 Å². The molecule has 1 N–H and O–H groups in total. The molecular weight excluding hydrogens is 361 g/mol. The molecule has 3 aliphatic rings. The number of anilines is 1. The van der Waals surface area contributed by atoms with E-state index < -0.39 is 0 Å². The van der Waals surface area contributed by atoms with Crippen molar-refractivity contribution >= 4 is 17.6 Å². The van der Waals surface area contributed by atoms with Crippen molar-refractivity contribution in [2.24, 2.45) is 5.41 Å². The molecule has 152 valence electrons. The van der Waals surface area contributed by atoms with Crippen LogP contribution in [0.3, 0.4) is 0 Å². The summed E-state index contributed by atoms with van der Waals surface area (Å²) in [6.45, 7) is 3.63. The molecule has 0 bridgehead atoms. The number of likely N-dealkylation sites (tertiary alicyclic amines) is 2. The summed E-state index contributed by atoms with van der Waals surface area (Å²) in [5, 5.41) is 2.83. The Balaban J connectivity index is 1.31. The van der Waals surface area contributed by atoms with E-state index in [1.54, 1.807) is 12.1 Å². The van der Waals surface area contributed by atoms with Crippen LogP contribution in [-0.4, -0.2) is 60.6 Å². The second-order valence-electron chi connectivity index (χ2n) is 8.33. The minimum atomic E-state index is -0.322. The number of carbonyl (C=O) groups is 2. The molecule has 3 saturated heterocycles. The molecule has 3 fully saturated rings. The van der Waals surface area contributed by atoms with E-state index in [4.69, 9.17) is 4.74 Å². The van der Waals surface area contributed by atoms with E-state index in [-0.39, 0.29) is 29.3 Å². The number of halogens is 1. The Morgan fingerprint density at radius 3 is 2.64 bits per heavy atom. The van der Waals surface area contributed by atoms with Crippen LogP contribution in [0, 0.1) is 11.2 Å². The van der Waals surface area contributed by atoms with Crippen molar-refractivity contribution in [3.05, 3.63) is 30.1 Å². The van der Waals surface area contributed by atoms with E-state index in [9.17, 15) is 14.0 Å². The number of benzene rings is 1. The van der Waals surface area contributed by atoms with Gasteiger partial charge in [-0.2, -0.15) is 0 Å². The zero-order valence-electron chi connectivity index (χ0n) is 16.2. The average Bonchev–Trinajstić information content (AvgIpc) is 3.20. The lowest BCUT2D eigenvalue weighted by Crippen LogP contribution is -2.54. The maximum absolute atomic E-state index is 13.0. The lowest BCUT2D eigenvalue weighted by Gasteiger charge is -2.47. The number of amides is 3. The lowest BCUT2D eigenvalue weighted by molar-refractivity contribution is -0.140. The number of hydrogen-bond acceptors (Lipinski definition) is 3. The van der Waals surface area contributed by atoms with Crippen LogP contribution in [-0.2, 0) is 9.53 Å². The predicted octanol–water partition coefficient (Wildman–Crippen LogP) is 3.24. The molecule has 1 unspecified atom stereocenters. The van der Waals surface area contributed by atoms with Gasteiger partial charge in [0.25, 0.3) is 0 Å². The number of ether oxygens (including phenoxy) is 1. The normalized spacial score (nSPS) is 24.6. The third-order valence-corrected chi connectivity index (χ3v) is 6.40. The minimum absolute atomic E-state index is 0.110. The Bertz CT molecular complexity index is 710. The molecule has 1 spiro atoms. The van der Waals surface area contributed by atoms with Gasteiger partial charge in [-0.1, -0.05) is 0 Å². The van der Waals surface area contributed by atoms with E-state index in [1.165, 1.54) is 12.1 Å². The molecule has 0 radical (unpaired) electrons. The van der Waals surface area contributed by atoms with Crippen LogP contribution in [0.5, 0.6) is 0 Å². The van der Waals surface area contributed by atoms with Gasteiger partial charge in [-0.05, 0) is 61.8 Å². The number of rotatable bonds is 3. The molecular formula is C21H28FN3O3. The van der Waals surface area contributed by atoms with Gasteiger partial charge >= 0.3 is 6.03 Å². The fourth-order valence-electron chi connectivity index (χ4n) is 4.63. The minimum Gasteiger partial charge on any atom is -0.376 e. The number of piperidine rings is 2. The van der Waals surface area contributed by atoms with Crippen LogP contribution in [0.15, 0.2) is 24.3 Å². The number of nitrogens with one attached hydrogen (secondary N) is 1. The van der Waals surface area contributed by atoms with Crippen LogP contribution in [0.1, 0.15) is 38.5 Å². The topological polar surface area (TPSA) is 61.9 Å². The molecule has 28 heavy (non-hydrogen) atoms. The van der Waals surface area contributed by atoms with Crippen molar-refractivity contribution in [2.75, 3.05) is 38.1 Å². The highest BCUT2D eigenvalue weighted by Gasteiger charge is 2.42. The summed E-state index contributed by atoms with van der Waals surface area (Å²) in [5.74, 6) is -0.0880. The maximum Gasteiger partial charge on any atom is 0.321 e. The summed E-state index contributed by atoms with van der Waals surface area (Å²) in [6.07, 6.45) is 5.60. The number of urea groups is 1. The van der Waals surface area contributed by atoms with Gasteiger partial charge in [-0.25, -0.2) is 9.18 Å². The van der Waals surface area contributed by atoms with Crippen molar-refractivity contribution in [1.82, 2.24) is 9.80 Å². The monoisotopic (exact) mass is 389 g/mol. The highest BCUT2D eigenvalue weighted by atomic mass is 19.1. The summed E-state index contributed by atoms with van der Waals surface area (Å²) < 4.78 is 18.7. The van der Waals surface area contributed by atoms with Gasteiger partial charge < -0.3 is 19.9 Å². The first-order valence-corrected chi connectivity index (χ1v) is 10.2. The Morgan fingerprint density at radius 1 is 1.21 bits per heavy atom. The van der Waals surface area contributed by atoms with Crippen molar-refractivity contribution in [1.29, 1.82) is 0 Å². The van der Waals surface area contributed by atoms with Crippen molar-refractivity contribution < 1.29 is 18.7 Å². The van der Waals surface area contributed by atoms with Crippen molar-refractivity contribution in [3.63, 3.8) is 0 Å². The van der Waals surface area contributed by atoms with Gasteiger partial charge in [0.15, 0.2) is 0 Å². The van der Waals surface area contributed by atoms with E-state index in [0.29, 0.717) is 31.7 Å². The Kier molecular flexibility index (Phi) is 5.53. The summed E-state index contributed by atoms with van der Waals surface area (Å²) in [4.78, 5) is 28.7. The molecule has 3 amide bonds. The lowest BCUT2D eigenvalue weighted by atomic mass is 9.72. The van der Waals surface area contributed by atoms with Gasteiger partial charge in [0.2, 0.25) is 5.91 Å². The van der Waals surface area contributed by atoms with Crippen LogP contribution >= 0.6 is 0 Å². The molecule has 7 heteroatoms. The number of carbonyl (C=O) groups excluding carboxylic acids is 2. The quantitative estimate of drug-likeness (QED) is 0.863. The Morgan fingerprint density at radius 2 is 1.96 bits per heavy atom. The van der Waals surface area contributed by atoms with E-state index >= 15 is 0 Å². The van der Waals surface area contributed by atoms with Gasteiger partial charge in [0.1, 0.15) is 5.82 Å². The maximum atomic E-state index is 13.0. The highest BCUT2D eigenvalue weighted by molar-refractivity contribution is 5.89. The van der Waals surface area contributed by atoms with Gasteiger partial charge in [0, 0.05) is 44.9 Å². The highest BCUT2D eigenvalue weighted by Crippen LogP contribution is 2.40. The molecule has 0 saturated carbocycles. The van der Waals surface area contributed by atoms with E-state index in [2.05, 4.69) is 5.32 Å². The SMILES string of the molecule is O=C1CCC2(CCN(C(=O)Nc3ccc(F)cc3)CC2)CN1CC1CCCO1. The summed E-state index contributed by atoms with van der Waals surface area (Å²) in [5.41, 5.74) is 0.705. The van der Waals surface area contributed by atoms with Crippen molar-refractivity contribution in [2.45, 2.75) is 44.6 Å².